The van der Waals surface area contributed by atoms with Gasteiger partial charge in [-0.2, -0.15) is 5.10 Å². The van der Waals surface area contributed by atoms with Gasteiger partial charge in [-0.1, -0.05) is 36.4 Å². The lowest BCUT2D eigenvalue weighted by molar-refractivity contribution is -0.110. The first kappa shape index (κ1) is 17.3. The molecule has 3 heterocycles. The molecule has 5 rings (SSSR count). The van der Waals surface area contributed by atoms with Crippen molar-refractivity contribution in [1.82, 2.24) is 9.55 Å². The quantitative estimate of drug-likeness (QED) is 0.425. The normalized spacial score (nSPS) is 15.0. The Bertz CT molecular complexity index is 1350. The summed E-state index contributed by atoms with van der Waals surface area (Å²) in [5, 5.41) is 13.5. The van der Waals surface area contributed by atoms with Crippen LogP contribution < -0.4 is 5.32 Å². The lowest BCUT2D eigenvalue weighted by atomic mass is 10.1. The summed E-state index contributed by atoms with van der Waals surface area (Å²) < 4.78 is 2.29. The number of carbonyl (C=O) groups excluding carboxylic acids is 1. The van der Waals surface area contributed by atoms with E-state index in [1.807, 2.05) is 43.3 Å². The van der Waals surface area contributed by atoms with Crippen LogP contribution in [0, 0.1) is 6.92 Å². The molecule has 0 radical (unpaired) electrons. The van der Waals surface area contributed by atoms with Crippen molar-refractivity contribution in [2.75, 3.05) is 5.32 Å². The number of anilines is 1. The van der Waals surface area contributed by atoms with Crippen LogP contribution in [0.1, 0.15) is 23.9 Å². The Morgan fingerprint density at radius 3 is 2.76 bits per heavy atom. The monoisotopic (exact) mass is 381 g/mol. The van der Waals surface area contributed by atoms with Gasteiger partial charge < -0.3 is 9.88 Å². The van der Waals surface area contributed by atoms with E-state index >= 15 is 0 Å². The fraction of sp³-hybridized carbons (Fsp3) is 0.130. The van der Waals surface area contributed by atoms with Gasteiger partial charge in [0.25, 0.3) is 5.91 Å². The second kappa shape index (κ2) is 6.67. The molecule has 1 aliphatic heterocycles. The van der Waals surface area contributed by atoms with Gasteiger partial charge in [-0.15, -0.1) is 5.10 Å². The zero-order valence-corrected chi connectivity index (χ0v) is 16.2. The van der Waals surface area contributed by atoms with Crippen molar-refractivity contribution in [3.63, 3.8) is 0 Å². The van der Waals surface area contributed by atoms with Gasteiger partial charge in [0.1, 0.15) is 0 Å². The number of nitrogens with zero attached hydrogens (tertiary/aromatic N) is 4. The highest BCUT2D eigenvalue weighted by atomic mass is 16.2. The van der Waals surface area contributed by atoms with Crippen LogP contribution in [0.5, 0.6) is 0 Å². The maximum Gasteiger partial charge on any atom is 0.276 e. The molecule has 0 saturated heterocycles. The van der Waals surface area contributed by atoms with Crippen LogP contribution in [0.2, 0.25) is 0 Å². The second-order valence-electron chi connectivity index (χ2n) is 6.98. The molecule has 142 valence electrons. The Balaban J connectivity index is 1.58. The summed E-state index contributed by atoms with van der Waals surface area (Å²) in [7, 11) is 0. The average molecular weight is 381 g/mol. The Hall–Kier alpha value is -3.80. The number of aryl methyl sites for hydroxylation is 2. The Morgan fingerprint density at radius 1 is 1.10 bits per heavy atom. The van der Waals surface area contributed by atoms with Gasteiger partial charge in [-0.05, 0) is 32.0 Å². The van der Waals surface area contributed by atoms with Crippen molar-refractivity contribution >= 4 is 45.3 Å². The van der Waals surface area contributed by atoms with Crippen molar-refractivity contribution in [2.24, 2.45) is 10.2 Å². The van der Waals surface area contributed by atoms with Gasteiger partial charge in [0.15, 0.2) is 5.71 Å². The van der Waals surface area contributed by atoms with Gasteiger partial charge >= 0.3 is 0 Å². The molecule has 1 amide bonds. The van der Waals surface area contributed by atoms with Gasteiger partial charge in [-0.25, -0.2) is 4.98 Å². The Kier molecular flexibility index (Phi) is 3.98. The van der Waals surface area contributed by atoms with Crippen LogP contribution in [0.25, 0.3) is 21.8 Å². The van der Waals surface area contributed by atoms with E-state index in [1.165, 1.54) is 10.9 Å². The van der Waals surface area contributed by atoms with E-state index in [0.717, 1.165) is 34.4 Å². The molecule has 0 unspecified atom stereocenters. The molecular formula is C23H19N5O. The van der Waals surface area contributed by atoms with Crippen LogP contribution in [0.4, 0.5) is 5.69 Å². The number of carbonyl (C=O) groups is 1. The molecule has 1 aliphatic rings. The average Bonchev–Trinajstić information content (AvgIpc) is 3.23. The van der Waals surface area contributed by atoms with Crippen LogP contribution in [0.3, 0.4) is 0 Å². The third kappa shape index (κ3) is 2.72. The predicted molar refractivity (Wildman–Crippen MR) is 117 cm³/mol. The van der Waals surface area contributed by atoms with Crippen molar-refractivity contribution in [2.45, 2.75) is 20.4 Å². The molecule has 6 heteroatoms. The number of benzene rings is 2. The van der Waals surface area contributed by atoms with E-state index < -0.39 is 0 Å². The molecule has 1 N–H and O–H groups in total. The van der Waals surface area contributed by atoms with E-state index in [-0.39, 0.29) is 5.91 Å². The SMILES string of the molecule is CCn1c2ccccc2c2cc(C=NN=C3C(=O)Nc4ccccc43)nc(C)c21. The molecule has 0 atom stereocenters. The zero-order chi connectivity index (χ0) is 20.0. The molecule has 0 spiro atoms. The smallest absolute Gasteiger partial charge is 0.276 e. The zero-order valence-electron chi connectivity index (χ0n) is 16.2. The highest BCUT2D eigenvalue weighted by molar-refractivity contribution is 6.53. The highest BCUT2D eigenvalue weighted by Crippen LogP contribution is 2.30. The highest BCUT2D eigenvalue weighted by Gasteiger charge is 2.25. The van der Waals surface area contributed by atoms with Gasteiger partial charge in [-0.3, -0.25) is 4.79 Å². The van der Waals surface area contributed by atoms with E-state index in [4.69, 9.17) is 4.98 Å². The number of para-hydroxylation sites is 2. The van der Waals surface area contributed by atoms with Crippen molar-refractivity contribution < 1.29 is 4.79 Å². The van der Waals surface area contributed by atoms with E-state index in [2.05, 4.69) is 45.2 Å². The minimum atomic E-state index is -0.242. The summed E-state index contributed by atoms with van der Waals surface area (Å²) in [4.78, 5) is 16.8. The molecule has 0 aliphatic carbocycles. The largest absolute Gasteiger partial charge is 0.339 e. The van der Waals surface area contributed by atoms with Gasteiger partial charge in [0, 0.05) is 28.4 Å². The van der Waals surface area contributed by atoms with E-state index in [9.17, 15) is 4.79 Å². The summed E-state index contributed by atoms with van der Waals surface area (Å²) in [6.07, 6.45) is 1.60. The van der Waals surface area contributed by atoms with Crippen LogP contribution in [-0.2, 0) is 11.3 Å². The van der Waals surface area contributed by atoms with Crippen molar-refractivity contribution in [1.29, 1.82) is 0 Å². The van der Waals surface area contributed by atoms with Crippen molar-refractivity contribution in [3.8, 4) is 0 Å². The number of nitrogens with one attached hydrogen (secondary N) is 1. The van der Waals surface area contributed by atoms with Crippen LogP contribution in [-0.4, -0.2) is 27.4 Å². The van der Waals surface area contributed by atoms with Gasteiger partial charge in [0.2, 0.25) is 0 Å². The minimum absolute atomic E-state index is 0.242. The predicted octanol–water partition coefficient (Wildman–Crippen LogP) is 4.29. The minimum Gasteiger partial charge on any atom is -0.339 e. The van der Waals surface area contributed by atoms with Gasteiger partial charge in [0.05, 0.1) is 28.8 Å². The fourth-order valence-electron chi connectivity index (χ4n) is 4.04. The van der Waals surface area contributed by atoms with E-state index in [0.29, 0.717) is 11.4 Å². The topological polar surface area (TPSA) is 71.6 Å². The maximum absolute atomic E-state index is 12.2. The van der Waals surface area contributed by atoms with Crippen LogP contribution >= 0.6 is 0 Å². The molecule has 0 bridgehead atoms. The molecule has 2 aromatic heterocycles. The summed E-state index contributed by atoms with van der Waals surface area (Å²) in [5.41, 5.74) is 5.83. The molecule has 0 saturated carbocycles. The molecule has 0 fully saturated rings. The molecule has 6 nitrogen and oxygen atoms in total. The van der Waals surface area contributed by atoms with E-state index in [1.54, 1.807) is 6.21 Å². The molecule has 2 aromatic carbocycles. The van der Waals surface area contributed by atoms with Crippen molar-refractivity contribution in [3.05, 3.63) is 71.5 Å². The summed E-state index contributed by atoms with van der Waals surface area (Å²) >= 11 is 0. The number of fused-ring (bicyclic) bond motifs is 4. The number of pyridine rings is 1. The lowest BCUT2D eigenvalue weighted by Crippen LogP contribution is -2.13. The summed E-state index contributed by atoms with van der Waals surface area (Å²) in [6, 6.07) is 17.9. The third-order valence-electron chi connectivity index (χ3n) is 5.25. The second-order valence-corrected chi connectivity index (χ2v) is 6.98. The fourth-order valence-corrected chi connectivity index (χ4v) is 4.04. The maximum atomic E-state index is 12.2. The summed E-state index contributed by atoms with van der Waals surface area (Å²) in [5.74, 6) is -0.242. The Labute approximate surface area is 167 Å². The first-order valence-corrected chi connectivity index (χ1v) is 9.57. The van der Waals surface area contributed by atoms with Crippen LogP contribution in [0.15, 0.2) is 64.8 Å². The molecule has 4 aromatic rings. The first-order chi connectivity index (χ1) is 14.2. The lowest BCUT2D eigenvalue weighted by Gasteiger charge is -2.05. The summed E-state index contributed by atoms with van der Waals surface area (Å²) in [6.45, 7) is 5.03. The number of amides is 1. The number of hydrogen-bond donors (Lipinski definition) is 1. The number of hydrogen-bond acceptors (Lipinski definition) is 4. The number of rotatable bonds is 3. The third-order valence-corrected chi connectivity index (χ3v) is 5.25. The molecule has 29 heavy (non-hydrogen) atoms. The first-order valence-electron chi connectivity index (χ1n) is 9.57. The Morgan fingerprint density at radius 2 is 1.90 bits per heavy atom. The standard InChI is InChI=1S/C23H19N5O/c1-3-28-20-11-7-5-8-16(20)18-12-15(25-14(2)22(18)28)13-24-27-21-17-9-4-6-10-19(17)26-23(21)29/h4-13H,3H2,1-2H3,(H,26,27,29). The molecular weight excluding hydrogens is 362 g/mol. The number of aromatic nitrogens is 2.